The number of nitrogens with zero attached hydrogens (tertiary/aromatic N) is 1. The van der Waals surface area contributed by atoms with Crippen LogP contribution in [0.3, 0.4) is 0 Å². The van der Waals surface area contributed by atoms with Gasteiger partial charge in [-0.2, -0.15) is 0 Å². The first kappa shape index (κ1) is 14.7. The molecule has 0 radical (unpaired) electrons. The molecule has 0 aromatic heterocycles. The zero-order valence-electron chi connectivity index (χ0n) is 11.0. The summed E-state index contributed by atoms with van der Waals surface area (Å²) in [5, 5.41) is 8.91. The van der Waals surface area contributed by atoms with Gasteiger partial charge in [-0.15, -0.1) is 0 Å². The molecule has 0 aliphatic carbocycles. The standard InChI is InChI=1S/C12H21NO5S/c14-12(15)6-11-9-19(16,17)5-3-13(11)7-10-2-1-4-18-8-10/h10-11H,1-9H2,(H,14,15). The van der Waals surface area contributed by atoms with Crippen molar-refractivity contribution >= 4 is 15.8 Å². The van der Waals surface area contributed by atoms with Crippen LogP contribution in [0.5, 0.6) is 0 Å². The van der Waals surface area contributed by atoms with Crippen molar-refractivity contribution < 1.29 is 23.1 Å². The number of rotatable bonds is 4. The summed E-state index contributed by atoms with van der Waals surface area (Å²) in [7, 11) is -3.09. The van der Waals surface area contributed by atoms with Gasteiger partial charge in [0.25, 0.3) is 0 Å². The van der Waals surface area contributed by atoms with E-state index < -0.39 is 21.8 Å². The fraction of sp³-hybridized carbons (Fsp3) is 0.917. The molecule has 110 valence electrons. The number of ether oxygens (including phenoxy) is 1. The Kier molecular flexibility index (Phi) is 4.81. The quantitative estimate of drug-likeness (QED) is 0.784. The van der Waals surface area contributed by atoms with Crippen LogP contribution in [0.25, 0.3) is 0 Å². The number of sulfone groups is 1. The maximum atomic E-state index is 11.6. The summed E-state index contributed by atoms with van der Waals surface area (Å²) < 4.78 is 28.7. The normalized spacial score (nSPS) is 32.0. The third-order valence-electron chi connectivity index (χ3n) is 3.81. The van der Waals surface area contributed by atoms with Gasteiger partial charge in [0, 0.05) is 25.7 Å². The second kappa shape index (κ2) is 6.19. The molecule has 19 heavy (non-hydrogen) atoms. The third-order valence-corrected chi connectivity index (χ3v) is 5.51. The molecule has 2 atom stereocenters. The van der Waals surface area contributed by atoms with Gasteiger partial charge in [-0.1, -0.05) is 0 Å². The van der Waals surface area contributed by atoms with E-state index in [1.54, 1.807) is 0 Å². The first-order valence-corrected chi connectivity index (χ1v) is 8.52. The average Bonchev–Trinajstić information content (AvgIpc) is 2.33. The highest BCUT2D eigenvalue weighted by Gasteiger charge is 2.33. The summed E-state index contributed by atoms with van der Waals surface area (Å²) in [5.74, 6) is -0.443. The Balaban J connectivity index is 1.97. The molecule has 0 bridgehead atoms. The molecule has 2 heterocycles. The van der Waals surface area contributed by atoms with Crippen molar-refractivity contribution in [2.24, 2.45) is 5.92 Å². The molecule has 1 N–H and O–H groups in total. The van der Waals surface area contributed by atoms with Crippen molar-refractivity contribution in [3.63, 3.8) is 0 Å². The summed E-state index contributed by atoms with van der Waals surface area (Å²) >= 11 is 0. The molecule has 0 spiro atoms. The number of hydrogen-bond acceptors (Lipinski definition) is 5. The molecule has 0 aromatic rings. The lowest BCUT2D eigenvalue weighted by molar-refractivity contribution is -0.138. The van der Waals surface area contributed by atoms with Crippen molar-refractivity contribution in [2.45, 2.75) is 25.3 Å². The van der Waals surface area contributed by atoms with Crippen LogP contribution in [0, 0.1) is 5.92 Å². The molecule has 6 nitrogen and oxygen atoms in total. The van der Waals surface area contributed by atoms with Crippen LogP contribution in [-0.2, 0) is 19.4 Å². The molecule has 7 heteroatoms. The fourth-order valence-electron chi connectivity index (χ4n) is 2.83. The molecule has 2 fully saturated rings. The van der Waals surface area contributed by atoms with E-state index in [-0.39, 0.29) is 17.9 Å². The van der Waals surface area contributed by atoms with Crippen LogP contribution in [0.4, 0.5) is 0 Å². The van der Waals surface area contributed by atoms with E-state index in [1.165, 1.54) is 0 Å². The number of carbonyl (C=O) groups is 1. The SMILES string of the molecule is O=C(O)CC1CS(=O)(=O)CCN1CC1CCCOC1. The summed E-state index contributed by atoms with van der Waals surface area (Å²) in [6.07, 6.45) is 2.00. The molecule has 2 aliphatic rings. The summed E-state index contributed by atoms with van der Waals surface area (Å²) in [6.45, 7) is 2.68. The lowest BCUT2D eigenvalue weighted by Crippen LogP contribution is -2.51. The van der Waals surface area contributed by atoms with Gasteiger partial charge in [0.05, 0.1) is 24.5 Å². The molecule has 2 saturated heterocycles. The predicted octanol–water partition coefficient (Wildman–Crippen LogP) is -0.0133. The van der Waals surface area contributed by atoms with Gasteiger partial charge in [-0.25, -0.2) is 8.42 Å². The Hall–Kier alpha value is -0.660. The number of aliphatic carboxylic acids is 1. The van der Waals surface area contributed by atoms with E-state index in [4.69, 9.17) is 9.84 Å². The Morgan fingerprint density at radius 1 is 1.42 bits per heavy atom. The van der Waals surface area contributed by atoms with Crippen molar-refractivity contribution in [1.82, 2.24) is 4.90 Å². The highest BCUT2D eigenvalue weighted by Crippen LogP contribution is 2.20. The molecule has 2 aliphatic heterocycles. The number of carboxylic acid groups (broad SMARTS) is 1. The molecule has 0 aromatic carbocycles. The van der Waals surface area contributed by atoms with Gasteiger partial charge >= 0.3 is 5.97 Å². The maximum absolute atomic E-state index is 11.6. The van der Waals surface area contributed by atoms with E-state index in [1.807, 2.05) is 4.90 Å². The Bertz CT molecular complexity index is 416. The maximum Gasteiger partial charge on any atom is 0.304 e. The molecular formula is C12H21NO5S. The van der Waals surface area contributed by atoms with E-state index in [9.17, 15) is 13.2 Å². The number of hydrogen-bond donors (Lipinski definition) is 1. The van der Waals surface area contributed by atoms with Gasteiger partial charge in [0.2, 0.25) is 0 Å². The minimum absolute atomic E-state index is 0.0348. The molecule has 2 rings (SSSR count). The van der Waals surface area contributed by atoms with E-state index in [2.05, 4.69) is 0 Å². The smallest absolute Gasteiger partial charge is 0.304 e. The summed E-state index contributed by atoms with van der Waals surface area (Å²) in [5.41, 5.74) is 0. The Morgan fingerprint density at radius 3 is 2.84 bits per heavy atom. The van der Waals surface area contributed by atoms with Crippen LogP contribution >= 0.6 is 0 Å². The van der Waals surface area contributed by atoms with E-state index >= 15 is 0 Å². The Morgan fingerprint density at radius 2 is 2.21 bits per heavy atom. The van der Waals surface area contributed by atoms with Gasteiger partial charge < -0.3 is 9.84 Å². The first-order valence-electron chi connectivity index (χ1n) is 6.70. The van der Waals surface area contributed by atoms with E-state index in [0.717, 1.165) is 26.0 Å². The zero-order chi connectivity index (χ0) is 13.9. The Labute approximate surface area is 113 Å². The lowest BCUT2D eigenvalue weighted by atomic mass is 10.0. The van der Waals surface area contributed by atoms with Crippen molar-refractivity contribution in [3.8, 4) is 0 Å². The van der Waals surface area contributed by atoms with Crippen LogP contribution in [0.2, 0.25) is 0 Å². The zero-order valence-corrected chi connectivity index (χ0v) is 11.8. The van der Waals surface area contributed by atoms with Crippen molar-refractivity contribution in [3.05, 3.63) is 0 Å². The molecule has 2 unspecified atom stereocenters. The molecule has 0 amide bonds. The van der Waals surface area contributed by atoms with Crippen LogP contribution in [-0.4, -0.2) is 68.2 Å². The van der Waals surface area contributed by atoms with E-state index in [0.29, 0.717) is 19.1 Å². The van der Waals surface area contributed by atoms with Crippen LogP contribution in [0.1, 0.15) is 19.3 Å². The summed E-state index contributed by atoms with van der Waals surface area (Å²) in [4.78, 5) is 12.9. The van der Waals surface area contributed by atoms with Crippen molar-refractivity contribution in [2.75, 3.05) is 37.8 Å². The first-order chi connectivity index (χ1) is 8.96. The minimum Gasteiger partial charge on any atom is -0.481 e. The molecule has 0 saturated carbocycles. The van der Waals surface area contributed by atoms with Crippen LogP contribution in [0.15, 0.2) is 0 Å². The summed E-state index contributed by atoms with van der Waals surface area (Å²) in [6, 6.07) is -0.391. The lowest BCUT2D eigenvalue weighted by Gasteiger charge is -2.37. The van der Waals surface area contributed by atoms with Gasteiger partial charge in [-0.05, 0) is 18.8 Å². The fourth-order valence-corrected chi connectivity index (χ4v) is 4.43. The second-order valence-electron chi connectivity index (χ2n) is 5.44. The monoisotopic (exact) mass is 291 g/mol. The largest absolute Gasteiger partial charge is 0.481 e. The highest BCUT2D eigenvalue weighted by atomic mass is 32.2. The number of carboxylic acids is 1. The van der Waals surface area contributed by atoms with Gasteiger partial charge in [0.1, 0.15) is 0 Å². The highest BCUT2D eigenvalue weighted by molar-refractivity contribution is 7.91. The van der Waals surface area contributed by atoms with Crippen molar-refractivity contribution in [1.29, 1.82) is 0 Å². The van der Waals surface area contributed by atoms with Gasteiger partial charge in [-0.3, -0.25) is 9.69 Å². The van der Waals surface area contributed by atoms with Gasteiger partial charge in [0.15, 0.2) is 9.84 Å². The second-order valence-corrected chi connectivity index (χ2v) is 7.67. The predicted molar refractivity (Wildman–Crippen MR) is 69.8 cm³/mol. The third kappa shape index (κ3) is 4.43. The van der Waals surface area contributed by atoms with Crippen LogP contribution < -0.4 is 0 Å². The topological polar surface area (TPSA) is 83.9 Å². The average molecular weight is 291 g/mol. The molecular weight excluding hydrogens is 270 g/mol. The minimum atomic E-state index is -3.09.